The maximum Gasteiger partial charge on any atom is 0.0280 e. The Kier molecular flexibility index (Phi) is 4.57. The van der Waals surface area contributed by atoms with Crippen LogP contribution in [-0.2, 0) is 0 Å². The van der Waals surface area contributed by atoms with Gasteiger partial charge in [0.05, 0.1) is 0 Å². The summed E-state index contributed by atoms with van der Waals surface area (Å²) in [5.41, 5.74) is 2.11. The van der Waals surface area contributed by atoms with Crippen molar-refractivity contribution in [1.82, 2.24) is 0 Å². The van der Waals surface area contributed by atoms with Crippen LogP contribution in [0, 0.1) is 0 Å². The van der Waals surface area contributed by atoms with Crippen LogP contribution in [0.1, 0.15) is 0 Å². The zero-order chi connectivity index (χ0) is 6.57. The molecule has 2 heteroatoms. The van der Waals surface area contributed by atoms with E-state index in [0.717, 1.165) is 21.8 Å². The van der Waals surface area contributed by atoms with Crippen LogP contribution in [0.3, 0.4) is 0 Å². The lowest BCUT2D eigenvalue weighted by Crippen LogP contribution is -1.86. The summed E-state index contributed by atoms with van der Waals surface area (Å²) in [4.78, 5) is 0. The first-order chi connectivity index (χ1) is 3.72. The number of hydrogen-bond acceptors (Lipinski definition) is 0. The van der Waals surface area contributed by atoms with Crippen LogP contribution in [0.25, 0.3) is 0 Å². The summed E-state index contributed by atoms with van der Waals surface area (Å²) in [6.45, 7) is 7.54. The van der Waals surface area contributed by atoms with Crippen molar-refractivity contribution in [3.05, 3.63) is 24.3 Å². The van der Waals surface area contributed by atoms with Crippen LogP contribution in [-0.4, -0.2) is 10.7 Å². The average molecular weight is 240 g/mol. The van der Waals surface area contributed by atoms with Crippen LogP contribution in [0.4, 0.5) is 0 Å². The van der Waals surface area contributed by atoms with Crippen LogP contribution < -0.4 is 0 Å². The molecule has 0 bridgehead atoms. The molecule has 8 heavy (non-hydrogen) atoms. The average Bonchev–Trinajstić information content (AvgIpc) is 1.84. The van der Waals surface area contributed by atoms with Gasteiger partial charge in [-0.25, -0.2) is 0 Å². The maximum atomic E-state index is 3.77. The van der Waals surface area contributed by atoms with Gasteiger partial charge in [-0.1, -0.05) is 45.0 Å². The second-order valence-corrected chi connectivity index (χ2v) is 2.60. The smallest absolute Gasteiger partial charge is 0.0280 e. The molecule has 0 aliphatic carbocycles. The van der Waals surface area contributed by atoms with E-state index in [1.807, 2.05) is 0 Å². The highest BCUT2D eigenvalue weighted by molar-refractivity contribution is 9.09. The largest absolute Gasteiger partial charge is 0.0947 e. The zero-order valence-corrected chi connectivity index (χ0v) is 7.76. The molecule has 0 saturated carbocycles. The molecule has 0 unspecified atom stereocenters. The van der Waals surface area contributed by atoms with Crippen LogP contribution in [0.5, 0.6) is 0 Å². The Hall–Kier alpha value is 0.440. The van der Waals surface area contributed by atoms with Crippen molar-refractivity contribution < 1.29 is 0 Å². The van der Waals surface area contributed by atoms with Gasteiger partial charge in [0.1, 0.15) is 0 Å². The van der Waals surface area contributed by atoms with E-state index in [9.17, 15) is 0 Å². The van der Waals surface area contributed by atoms with E-state index in [2.05, 4.69) is 45.0 Å². The van der Waals surface area contributed by atoms with Gasteiger partial charge < -0.3 is 0 Å². The Bertz CT molecular complexity index is 91.1. The highest BCUT2D eigenvalue weighted by atomic mass is 79.9. The molecular weight excluding hydrogens is 232 g/mol. The second-order valence-electron chi connectivity index (χ2n) is 1.47. The number of halogens is 2. The van der Waals surface area contributed by atoms with E-state index in [4.69, 9.17) is 0 Å². The predicted molar refractivity (Wildman–Crippen MR) is 45.9 cm³/mol. The molecule has 0 nitrogen and oxygen atoms in total. The molecule has 0 saturated heterocycles. The monoisotopic (exact) mass is 238 g/mol. The van der Waals surface area contributed by atoms with Crippen LogP contribution in [0.2, 0.25) is 0 Å². The van der Waals surface area contributed by atoms with Gasteiger partial charge in [0, 0.05) is 10.7 Å². The SMILES string of the molecule is C=C(CBr)C(=C)CBr. The molecule has 0 amide bonds. The molecule has 0 aromatic rings. The Morgan fingerprint density at radius 2 is 1.25 bits per heavy atom. The van der Waals surface area contributed by atoms with Crippen molar-refractivity contribution in [2.24, 2.45) is 0 Å². The number of rotatable bonds is 3. The Labute approximate surface area is 66.9 Å². The summed E-state index contributed by atoms with van der Waals surface area (Å²) < 4.78 is 0. The Morgan fingerprint density at radius 3 is 1.38 bits per heavy atom. The molecule has 0 spiro atoms. The van der Waals surface area contributed by atoms with Crippen molar-refractivity contribution in [3.63, 3.8) is 0 Å². The fraction of sp³-hybridized carbons (Fsp3) is 0.333. The summed E-state index contributed by atoms with van der Waals surface area (Å²) in [5, 5.41) is 1.63. The summed E-state index contributed by atoms with van der Waals surface area (Å²) in [6.07, 6.45) is 0. The molecular formula is C6H8Br2. The van der Waals surface area contributed by atoms with Crippen LogP contribution >= 0.6 is 31.9 Å². The van der Waals surface area contributed by atoms with Gasteiger partial charge in [0.15, 0.2) is 0 Å². The molecule has 0 rings (SSSR count). The fourth-order valence-electron chi connectivity index (χ4n) is 0.189. The molecule has 0 fully saturated rings. The van der Waals surface area contributed by atoms with Crippen molar-refractivity contribution in [3.8, 4) is 0 Å². The highest BCUT2D eigenvalue weighted by Crippen LogP contribution is 2.09. The second kappa shape index (κ2) is 4.33. The van der Waals surface area contributed by atoms with Gasteiger partial charge in [-0.05, 0) is 11.1 Å². The highest BCUT2D eigenvalue weighted by Gasteiger charge is 1.93. The van der Waals surface area contributed by atoms with Gasteiger partial charge in [-0.15, -0.1) is 0 Å². The van der Waals surface area contributed by atoms with Crippen molar-refractivity contribution in [1.29, 1.82) is 0 Å². The van der Waals surface area contributed by atoms with E-state index < -0.39 is 0 Å². The van der Waals surface area contributed by atoms with Crippen molar-refractivity contribution in [2.75, 3.05) is 10.7 Å². The molecule has 0 aromatic carbocycles. The Balaban J connectivity index is 3.64. The molecule has 0 aliphatic heterocycles. The molecule has 0 atom stereocenters. The molecule has 0 aromatic heterocycles. The first-order valence-corrected chi connectivity index (χ1v) is 4.44. The molecule has 0 N–H and O–H groups in total. The number of allylic oxidation sites excluding steroid dienone is 2. The predicted octanol–water partition coefficient (Wildman–Crippen LogP) is 2.89. The first kappa shape index (κ1) is 8.44. The van der Waals surface area contributed by atoms with E-state index in [1.165, 1.54) is 0 Å². The normalized spacial score (nSPS) is 8.75. The third kappa shape index (κ3) is 2.68. The molecule has 0 aliphatic rings. The summed E-state index contributed by atoms with van der Waals surface area (Å²) in [7, 11) is 0. The topological polar surface area (TPSA) is 0 Å². The fourth-order valence-corrected chi connectivity index (χ4v) is 0.982. The third-order valence-corrected chi connectivity index (χ3v) is 2.18. The maximum absolute atomic E-state index is 3.77. The van der Waals surface area contributed by atoms with Gasteiger partial charge in [0.2, 0.25) is 0 Å². The number of hydrogen-bond donors (Lipinski definition) is 0. The van der Waals surface area contributed by atoms with E-state index >= 15 is 0 Å². The van der Waals surface area contributed by atoms with Gasteiger partial charge in [0.25, 0.3) is 0 Å². The third-order valence-electron chi connectivity index (χ3n) is 0.823. The van der Waals surface area contributed by atoms with Crippen molar-refractivity contribution in [2.45, 2.75) is 0 Å². The number of alkyl halides is 2. The molecule has 46 valence electrons. The molecule has 0 radical (unpaired) electrons. The lowest BCUT2D eigenvalue weighted by atomic mass is 10.2. The Morgan fingerprint density at radius 1 is 1.00 bits per heavy atom. The standard InChI is InChI=1S/C6H8Br2/c1-5(3-7)6(2)4-8/h1-4H2. The lowest BCUT2D eigenvalue weighted by Gasteiger charge is -1.98. The van der Waals surface area contributed by atoms with E-state index in [-0.39, 0.29) is 0 Å². The van der Waals surface area contributed by atoms with E-state index in [0.29, 0.717) is 0 Å². The summed E-state index contributed by atoms with van der Waals surface area (Å²) in [6, 6.07) is 0. The zero-order valence-electron chi connectivity index (χ0n) is 4.58. The van der Waals surface area contributed by atoms with Crippen LogP contribution in [0.15, 0.2) is 24.3 Å². The summed E-state index contributed by atoms with van der Waals surface area (Å²) in [5.74, 6) is 0. The quantitative estimate of drug-likeness (QED) is 0.525. The van der Waals surface area contributed by atoms with E-state index in [1.54, 1.807) is 0 Å². The minimum Gasteiger partial charge on any atom is -0.0947 e. The summed E-state index contributed by atoms with van der Waals surface area (Å²) >= 11 is 6.55. The van der Waals surface area contributed by atoms with Gasteiger partial charge >= 0.3 is 0 Å². The van der Waals surface area contributed by atoms with Crippen molar-refractivity contribution >= 4 is 31.9 Å². The minimum absolute atomic E-state index is 0.817. The van der Waals surface area contributed by atoms with Gasteiger partial charge in [-0.2, -0.15) is 0 Å². The first-order valence-electron chi connectivity index (χ1n) is 2.20. The van der Waals surface area contributed by atoms with Gasteiger partial charge in [-0.3, -0.25) is 0 Å². The lowest BCUT2D eigenvalue weighted by molar-refractivity contribution is 1.43. The minimum atomic E-state index is 0.817. The molecule has 0 heterocycles.